The number of rotatable bonds is 4. The van der Waals surface area contributed by atoms with E-state index in [2.05, 4.69) is 42.8 Å². The molecule has 0 aliphatic heterocycles. The Kier molecular flexibility index (Phi) is 4.60. The normalized spacial score (nSPS) is 11.7. The van der Waals surface area contributed by atoms with E-state index in [9.17, 15) is 4.79 Å². The van der Waals surface area contributed by atoms with E-state index in [1.165, 1.54) is 22.3 Å². The molecule has 0 heterocycles. The van der Waals surface area contributed by atoms with E-state index >= 15 is 0 Å². The summed E-state index contributed by atoms with van der Waals surface area (Å²) in [6, 6.07) is 2.15. The van der Waals surface area contributed by atoms with Crippen LogP contribution in [0.2, 0.25) is 0 Å². The molecule has 1 rings (SSSR count). The van der Waals surface area contributed by atoms with Gasteiger partial charge in [0.1, 0.15) is 0 Å². The molecule has 0 aliphatic carbocycles. The molecule has 0 aliphatic rings. The van der Waals surface area contributed by atoms with Crippen molar-refractivity contribution in [2.75, 3.05) is 0 Å². The Labute approximate surface area is 118 Å². The first-order valence-electron chi connectivity index (χ1n) is 6.15. The lowest BCUT2D eigenvalue weighted by Gasteiger charge is -2.21. The Bertz CT molecular complexity index is 476. The van der Waals surface area contributed by atoms with Crippen LogP contribution in [0, 0.1) is 26.2 Å². The van der Waals surface area contributed by atoms with Crippen LogP contribution >= 0.6 is 15.9 Å². The Morgan fingerprint density at radius 2 is 1.83 bits per heavy atom. The summed E-state index contributed by atoms with van der Waals surface area (Å²) < 4.78 is 1.14. The van der Waals surface area contributed by atoms with Gasteiger partial charge in [-0.15, -0.1) is 0 Å². The second-order valence-corrected chi connectivity index (χ2v) is 6.41. The third-order valence-corrected chi connectivity index (χ3v) is 4.84. The van der Waals surface area contributed by atoms with Crippen LogP contribution in [0.1, 0.15) is 42.5 Å². The van der Waals surface area contributed by atoms with Crippen LogP contribution in [-0.4, -0.2) is 11.1 Å². The standard InChI is InChI=1S/C15H21BrO2/c1-9-8-10(2)13(16)11(3)12(9)6-7-15(4,5)14(17)18/h8H,6-7H2,1-5H3,(H,17,18). The maximum absolute atomic E-state index is 11.1. The van der Waals surface area contributed by atoms with E-state index in [-0.39, 0.29) is 0 Å². The smallest absolute Gasteiger partial charge is 0.309 e. The molecule has 0 saturated carbocycles. The molecular formula is C15H21BrO2. The van der Waals surface area contributed by atoms with Gasteiger partial charge in [0, 0.05) is 4.47 Å². The first-order valence-corrected chi connectivity index (χ1v) is 6.94. The Hall–Kier alpha value is -0.830. The average Bonchev–Trinajstić information content (AvgIpc) is 2.25. The fourth-order valence-electron chi connectivity index (χ4n) is 2.13. The quantitative estimate of drug-likeness (QED) is 0.893. The lowest BCUT2D eigenvalue weighted by molar-refractivity contribution is -0.147. The molecule has 3 heteroatoms. The largest absolute Gasteiger partial charge is 0.481 e. The lowest BCUT2D eigenvalue weighted by atomic mass is 9.84. The van der Waals surface area contributed by atoms with Crippen molar-refractivity contribution in [1.29, 1.82) is 0 Å². The highest BCUT2D eigenvalue weighted by Gasteiger charge is 2.27. The zero-order valence-electron chi connectivity index (χ0n) is 11.7. The Morgan fingerprint density at radius 1 is 1.28 bits per heavy atom. The monoisotopic (exact) mass is 312 g/mol. The van der Waals surface area contributed by atoms with Gasteiger partial charge in [-0.2, -0.15) is 0 Å². The summed E-state index contributed by atoms with van der Waals surface area (Å²) in [6.45, 7) is 9.82. The van der Waals surface area contributed by atoms with Crippen LogP contribution in [0.15, 0.2) is 10.5 Å². The molecule has 0 spiro atoms. The number of hydrogen-bond donors (Lipinski definition) is 1. The third kappa shape index (κ3) is 3.14. The number of aryl methyl sites for hydroxylation is 2. The molecule has 100 valence electrons. The molecule has 0 unspecified atom stereocenters. The second-order valence-electron chi connectivity index (χ2n) is 5.62. The molecule has 1 aromatic rings. The van der Waals surface area contributed by atoms with Gasteiger partial charge in [0.2, 0.25) is 0 Å². The number of carboxylic acid groups (broad SMARTS) is 1. The van der Waals surface area contributed by atoms with Gasteiger partial charge in [-0.1, -0.05) is 22.0 Å². The van der Waals surface area contributed by atoms with Gasteiger partial charge in [-0.05, 0) is 69.7 Å². The highest BCUT2D eigenvalue weighted by Crippen LogP contribution is 2.30. The van der Waals surface area contributed by atoms with Crippen molar-refractivity contribution in [3.63, 3.8) is 0 Å². The summed E-state index contributed by atoms with van der Waals surface area (Å²) in [7, 11) is 0. The number of carboxylic acids is 1. The average molecular weight is 313 g/mol. The van der Waals surface area contributed by atoms with Crippen molar-refractivity contribution >= 4 is 21.9 Å². The van der Waals surface area contributed by atoms with Crippen LogP contribution in [0.4, 0.5) is 0 Å². The van der Waals surface area contributed by atoms with Crippen LogP contribution < -0.4 is 0 Å². The zero-order valence-corrected chi connectivity index (χ0v) is 13.3. The van der Waals surface area contributed by atoms with Crippen LogP contribution in [0.5, 0.6) is 0 Å². The first-order chi connectivity index (χ1) is 8.16. The topological polar surface area (TPSA) is 37.3 Å². The molecule has 0 aromatic heterocycles. The maximum Gasteiger partial charge on any atom is 0.309 e. The van der Waals surface area contributed by atoms with Crippen molar-refractivity contribution in [3.05, 3.63) is 32.8 Å². The minimum Gasteiger partial charge on any atom is -0.481 e. The molecule has 0 atom stereocenters. The molecular weight excluding hydrogens is 292 g/mol. The summed E-state index contributed by atoms with van der Waals surface area (Å²) in [5, 5.41) is 9.15. The van der Waals surface area contributed by atoms with Crippen LogP contribution in [0.3, 0.4) is 0 Å². The van der Waals surface area contributed by atoms with Gasteiger partial charge in [0.15, 0.2) is 0 Å². The highest BCUT2D eigenvalue weighted by molar-refractivity contribution is 9.10. The zero-order chi connectivity index (χ0) is 14.1. The number of halogens is 1. The number of hydrogen-bond acceptors (Lipinski definition) is 1. The summed E-state index contributed by atoms with van der Waals surface area (Å²) in [6.07, 6.45) is 1.45. The maximum atomic E-state index is 11.1. The molecule has 1 aromatic carbocycles. The summed E-state index contributed by atoms with van der Waals surface area (Å²) >= 11 is 3.60. The fraction of sp³-hybridized carbons (Fsp3) is 0.533. The van der Waals surface area contributed by atoms with Gasteiger partial charge in [0.05, 0.1) is 5.41 Å². The van der Waals surface area contributed by atoms with E-state index in [4.69, 9.17) is 5.11 Å². The van der Waals surface area contributed by atoms with Crippen molar-refractivity contribution < 1.29 is 9.90 Å². The van der Waals surface area contributed by atoms with Crippen LogP contribution in [0.25, 0.3) is 0 Å². The Morgan fingerprint density at radius 3 is 2.33 bits per heavy atom. The number of benzene rings is 1. The predicted octanol–water partition coefficient (Wildman–Crippen LogP) is 4.42. The van der Waals surface area contributed by atoms with E-state index in [0.29, 0.717) is 6.42 Å². The molecule has 0 fully saturated rings. The minimum atomic E-state index is -0.732. The summed E-state index contributed by atoms with van der Waals surface area (Å²) in [4.78, 5) is 11.1. The lowest BCUT2D eigenvalue weighted by Crippen LogP contribution is -2.24. The van der Waals surface area contributed by atoms with E-state index < -0.39 is 11.4 Å². The number of aliphatic carboxylic acids is 1. The van der Waals surface area contributed by atoms with E-state index in [1.54, 1.807) is 13.8 Å². The number of carbonyl (C=O) groups is 1. The van der Waals surface area contributed by atoms with Crippen molar-refractivity contribution in [3.8, 4) is 0 Å². The molecule has 2 nitrogen and oxygen atoms in total. The van der Waals surface area contributed by atoms with Gasteiger partial charge in [0.25, 0.3) is 0 Å². The van der Waals surface area contributed by atoms with Crippen molar-refractivity contribution in [1.82, 2.24) is 0 Å². The molecule has 0 amide bonds. The van der Waals surface area contributed by atoms with Crippen molar-refractivity contribution in [2.24, 2.45) is 5.41 Å². The summed E-state index contributed by atoms with van der Waals surface area (Å²) in [5.41, 5.74) is 4.30. The highest BCUT2D eigenvalue weighted by atomic mass is 79.9. The minimum absolute atomic E-state index is 0.652. The molecule has 0 radical (unpaired) electrons. The van der Waals surface area contributed by atoms with E-state index in [0.717, 1.165) is 10.9 Å². The van der Waals surface area contributed by atoms with Crippen LogP contribution in [-0.2, 0) is 11.2 Å². The van der Waals surface area contributed by atoms with Gasteiger partial charge in [-0.3, -0.25) is 4.79 Å². The molecule has 1 N–H and O–H groups in total. The van der Waals surface area contributed by atoms with Crippen molar-refractivity contribution in [2.45, 2.75) is 47.5 Å². The van der Waals surface area contributed by atoms with Gasteiger partial charge >= 0.3 is 5.97 Å². The summed E-state index contributed by atoms with van der Waals surface area (Å²) in [5.74, 6) is -0.732. The van der Waals surface area contributed by atoms with E-state index in [1.807, 2.05) is 0 Å². The molecule has 0 bridgehead atoms. The Balaban J connectivity index is 3.00. The molecule has 0 saturated heterocycles. The van der Waals surface area contributed by atoms with Gasteiger partial charge in [-0.25, -0.2) is 0 Å². The first kappa shape index (κ1) is 15.2. The van der Waals surface area contributed by atoms with Gasteiger partial charge < -0.3 is 5.11 Å². The SMILES string of the molecule is Cc1cc(C)c(CCC(C)(C)C(=O)O)c(C)c1Br. The third-order valence-electron chi connectivity index (χ3n) is 3.62. The fourth-order valence-corrected chi connectivity index (χ4v) is 2.48. The predicted molar refractivity (Wildman–Crippen MR) is 78.1 cm³/mol. The second kappa shape index (κ2) is 5.43. The molecule has 18 heavy (non-hydrogen) atoms.